The maximum atomic E-state index is 11.4. The van der Waals surface area contributed by atoms with Crippen LogP contribution in [-0.2, 0) is 13.0 Å². The van der Waals surface area contributed by atoms with Crippen LogP contribution in [0.25, 0.3) is 0 Å². The van der Waals surface area contributed by atoms with E-state index in [0.717, 1.165) is 5.69 Å². The number of anilines is 1. The summed E-state index contributed by atoms with van der Waals surface area (Å²) in [5, 5.41) is 0. The number of rotatable bonds is 1. The molecule has 0 saturated heterocycles. The van der Waals surface area contributed by atoms with Crippen LogP contribution in [0, 0.1) is 0 Å². The van der Waals surface area contributed by atoms with Gasteiger partial charge in [-0.2, -0.15) is 0 Å². The zero-order valence-electron chi connectivity index (χ0n) is 7.08. The van der Waals surface area contributed by atoms with E-state index in [4.69, 9.17) is 11.5 Å². The monoisotopic (exact) mass is 178 g/mol. The normalized spacial score (nSPS) is 14.7. The lowest BCUT2D eigenvalue weighted by Crippen LogP contribution is -2.11. The lowest BCUT2D eigenvalue weighted by Gasteiger charge is -2.03. The van der Waals surface area contributed by atoms with Crippen molar-refractivity contribution < 1.29 is 4.79 Å². The van der Waals surface area contributed by atoms with Crippen molar-refractivity contribution in [2.24, 2.45) is 5.73 Å². The molecule has 0 radical (unpaired) electrons. The Morgan fingerprint density at radius 1 is 1.31 bits per heavy atom. The molecule has 1 aromatic rings. The summed E-state index contributed by atoms with van der Waals surface area (Å²) in [5.74, 6) is 0.282. The number of hydrogen-bond acceptors (Lipinski definition) is 5. The van der Waals surface area contributed by atoms with Crippen molar-refractivity contribution >= 4 is 11.7 Å². The molecule has 5 heteroatoms. The van der Waals surface area contributed by atoms with E-state index in [-0.39, 0.29) is 18.3 Å². The molecule has 1 aliphatic carbocycles. The smallest absolute Gasteiger partial charge is 0.220 e. The van der Waals surface area contributed by atoms with Gasteiger partial charge in [-0.05, 0) is 6.42 Å². The lowest BCUT2D eigenvalue weighted by molar-refractivity contribution is 0.0993. The maximum absolute atomic E-state index is 11.4. The van der Waals surface area contributed by atoms with Crippen LogP contribution in [0.3, 0.4) is 0 Å². The summed E-state index contributed by atoms with van der Waals surface area (Å²) in [5.41, 5.74) is 12.8. The molecule has 2 rings (SSSR count). The highest BCUT2D eigenvalue weighted by molar-refractivity contribution is 6.00. The van der Waals surface area contributed by atoms with Crippen LogP contribution in [0.1, 0.15) is 28.2 Å². The molecule has 0 aromatic carbocycles. The van der Waals surface area contributed by atoms with E-state index in [9.17, 15) is 4.79 Å². The Kier molecular flexibility index (Phi) is 1.73. The van der Waals surface area contributed by atoms with Crippen molar-refractivity contribution in [3.05, 3.63) is 17.0 Å². The van der Waals surface area contributed by atoms with Gasteiger partial charge in [0.25, 0.3) is 0 Å². The summed E-state index contributed by atoms with van der Waals surface area (Å²) in [7, 11) is 0. The van der Waals surface area contributed by atoms with Gasteiger partial charge >= 0.3 is 0 Å². The van der Waals surface area contributed by atoms with Crippen molar-refractivity contribution in [3.8, 4) is 0 Å². The van der Waals surface area contributed by atoms with E-state index in [1.165, 1.54) is 0 Å². The van der Waals surface area contributed by atoms with Crippen molar-refractivity contribution in [3.63, 3.8) is 0 Å². The Morgan fingerprint density at radius 2 is 2.08 bits per heavy atom. The maximum Gasteiger partial charge on any atom is 0.220 e. The van der Waals surface area contributed by atoms with Gasteiger partial charge in [-0.25, -0.2) is 9.97 Å². The molecule has 0 unspecified atom stereocenters. The number of carbonyl (C=O) groups is 1. The average Bonchev–Trinajstić information content (AvgIpc) is 2.46. The zero-order chi connectivity index (χ0) is 9.42. The summed E-state index contributed by atoms with van der Waals surface area (Å²) in [6, 6.07) is 0. The fourth-order valence-electron chi connectivity index (χ4n) is 1.59. The quantitative estimate of drug-likeness (QED) is 0.612. The minimum atomic E-state index is 0.0791. The Bertz CT molecular complexity index is 375. The Labute approximate surface area is 75.2 Å². The third-order valence-corrected chi connectivity index (χ3v) is 2.14. The van der Waals surface area contributed by atoms with E-state index in [2.05, 4.69) is 9.97 Å². The van der Waals surface area contributed by atoms with Gasteiger partial charge in [-0.1, -0.05) is 0 Å². The number of Topliss-reactive ketones (excluding diaryl/α,β-unsaturated/α-hetero) is 1. The fourth-order valence-corrected chi connectivity index (χ4v) is 1.59. The number of nitrogen functional groups attached to an aromatic ring is 1. The molecule has 1 heterocycles. The second-order valence-electron chi connectivity index (χ2n) is 2.98. The Hall–Kier alpha value is -1.49. The van der Waals surface area contributed by atoms with Crippen molar-refractivity contribution in [1.29, 1.82) is 0 Å². The predicted octanol–water partition coefficient (Wildman–Crippen LogP) is -0.354. The highest BCUT2D eigenvalue weighted by Crippen LogP contribution is 2.22. The van der Waals surface area contributed by atoms with Crippen LogP contribution in [0.4, 0.5) is 5.95 Å². The van der Waals surface area contributed by atoms with Crippen molar-refractivity contribution in [1.82, 2.24) is 9.97 Å². The van der Waals surface area contributed by atoms with Crippen LogP contribution in [0.15, 0.2) is 0 Å². The first-order valence-electron chi connectivity index (χ1n) is 4.11. The van der Waals surface area contributed by atoms with Crippen molar-refractivity contribution in [2.45, 2.75) is 19.4 Å². The van der Waals surface area contributed by atoms with Gasteiger partial charge < -0.3 is 11.5 Å². The second kappa shape index (κ2) is 2.77. The van der Waals surface area contributed by atoms with Crippen LogP contribution in [-0.4, -0.2) is 15.8 Å². The van der Waals surface area contributed by atoms with Crippen LogP contribution < -0.4 is 11.5 Å². The third-order valence-electron chi connectivity index (χ3n) is 2.14. The number of nitrogens with two attached hydrogens (primary N) is 2. The number of carbonyl (C=O) groups excluding carboxylic acids is 1. The standard InChI is InChI=1S/C8H10N4O/c9-3-5-7-4(1-2-6(7)13)11-8(10)12-5/h1-3,9H2,(H2,10,11,12). The molecule has 4 N–H and O–H groups in total. The predicted molar refractivity (Wildman–Crippen MR) is 47.0 cm³/mol. The largest absolute Gasteiger partial charge is 0.368 e. The van der Waals surface area contributed by atoms with Crippen molar-refractivity contribution in [2.75, 3.05) is 5.73 Å². The topological polar surface area (TPSA) is 94.9 Å². The highest BCUT2D eigenvalue weighted by atomic mass is 16.1. The molecule has 1 aromatic heterocycles. The number of nitrogens with zero attached hydrogens (tertiary/aromatic N) is 2. The Morgan fingerprint density at radius 3 is 2.77 bits per heavy atom. The van der Waals surface area contributed by atoms with E-state index in [1.54, 1.807) is 0 Å². The van der Waals surface area contributed by atoms with E-state index < -0.39 is 0 Å². The van der Waals surface area contributed by atoms with Gasteiger partial charge in [-0.15, -0.1) is 0 Å². The molecule has 0 saturated carbocycles. The minimum absolute atomic E-state index is 0.0791. The van der Waals surface area contributed by atoms with E-state index in [0.29, 0.717) is 24.1 Å². The number of hydrogen-bond donors (Lipinski definition) is 2. The molecule has 0 spiro atoms. The highest BCUT2D eigenvalue weighted by Gasteiger charge is 2.25. The molecular weight excluding hydrogens is 168 g/mol. The fraction of sp³-hybridized carbons (Fsp3) is 0.375. The van der Waals surface area contributed by atoms with Gasteiger partial charge in [0.2, 0.25) is 5.95 Å². The molecular formula is C8H10N4O. The zero-order valence-corrected chi connectivity index (χ0v) is 7.08. The molecule has 68 valence electrons. The number of aryl methyl sites for hydroxylation is 1. The molecule has 1 aliphatic rings. The molecule has 5 nitrogen and oxygen atoms in total. The van der Waals surface area contributed by atoms with Gasteiger partial charge in [0.1, 0.15) is 0 Å². The summed E-state index contributed by atoms with van der Waals surface area (Å²) in [6.07, 6.45) is 1.16. The van der Waals surface area contributed by atoms with Gasteiger partial charge in [0.15, 0.2) is 5.78 Å². The molecule has 0 amide bonds. The molecule has 0 fully saturated rings. The second-order valence-corrected chi connectivity index (χ2v) is 2.98. The lowest BCUT2D eigenvalue weighted by atomic mass is 10.1. The number of ketones is 1. The first-order valence-corrected chi connectivity index (χ1v) is 4.11. The van der Waals surface area contributed by atoms with Gasteiger partial charge in [0, 0.05) is 13.0 Å². The summed E-state index contributed by atoms with van der Waals surface area (Å²) in [4.78, 5) is 19.3. The van der Waals surface area contributed by atoms with Crippen LogP contribution >= 0.6 is 0 Å². The molecule has 0 aliphatic heterocycles. The average molecular weight is 178 g/mol. The van der Waals surface area contributed by atoms with E-state index in [1.807, 2.05) is 0 Å². The summed E-state index contributed by atoms with van der Waals surface area (Å²) in [6.45, 7) is 0.237. The number of fused-ring (bicyclic) bond motifs is 1. The first kappa shape index (κ1) is 8.12. The molecule has 0 bridgehead atoms. The SMILES string of the molecule is NCc1nc(N)nc2c1C(=O)CC2. The molecule has 13 heavy (non-hydrogen) atoms. The van der Waals surface area contributed by atoms with Crippen LogP contribution in [0.5, 0.6) is 0 Å². The minimum Gasteiger partial charge on any atom is -0.368 e. The van der Waals surface area contributed by atoms with E-state index >= 15 is 0 Å². The summed E-state index contributed by atoms with van der Waals surface area (Å²) >= 11 is 0. The summed E-state index contributed by atoms with van der Waals surface area (Å²) < 4.78 is 0. The van der Waals surface area contributed by atoms with Gasteiger partial charge in [-0.3, -0.25) is 4.79 Å². The number of aromatic nitrogens is 2. The third kappa shape index (κ3) is 1.17. The molecule has 0 atom stereocenters. The first-order chi connectivity index (χ1) is 6.22. The van der Waals surface area contributed by atoms with Gasteiger partial charge in [0.05, 0.1) is 17.0 Å². The van der Waals surface area contributed by atoms with Crippen LogP contribution in [0.2, 0.25) is 0 Å². The Balaban J connectivity index is 2.64.